The van der Waals surface area contributed by atoms with Gasteiger partial charge in [0.2, 0.25) is 5.91 Å². The normalized spacial score (nSPS) is 21.9. The number of hydrogen-bond acceptors (Lipinski definition) is 3. The van der Waals surface area contributed by atoms with E-state index in [0.29, 0.717) is 17.9 Å². The lowest BCUT2D eigenvalue weighted by atomic mass is 9.72. The molecule has 3 rings (SSSR count). The Hall–Kier alpha value is -2.04. The third-order valence-electron chi connectivity index (χ3n) is 4.40. The first-order chi connectivity index (χ1) is 9.62. The summed E-state index contributed by atoms with van der Waals surface area (Å²) in [6.45, 7) is 0.468. The van der Waals surface area contributed by atoms with Crippen molar-refractivity contribution in [3.8, 4) is 0 Å². The van der Waals surface area contributed by atoms with E-state index in [-0.39, 0.29) is 11.9 Å². The van der Waals surface area contributed by atoms with Crippen LogP contribution in [0.4, 0.5) is 16.2 Å². The number of carbonyl (C=O) groups is 2. The van der Waals surface area contributed by atoms with Crippen LogP contribution in [0.25, 0.3) is 0 Å². The summed E-state index contributed by atoms with van der Waals surface area (Å²) in [7, 11) is 0. The van der Waals surface area contributed by atoms with Crippen LogP contribution in [0, 0.1) is 5.41 Å². The van der Waals surface area contributed by atoms with E-state index < -0.39 is 5.41 Å². The van der Waals surface area contributed by atoms with Crippen LogP contribution in [-0.2, 0) is 4.79 Å². The quantitative estimate of drug-likeness (QED) is 0.771. The second-order valence-corrected chi connectivity index (χ2v) is 5.73. The Bertz CT molecular complexity index is 533. The van der Waals surface area contributed by atoms with Gasteiger partial charge in [0.15, 0.2) is 0 Å². The standard InChI is InChI=1S/C15H19N3O2/c16-11-4-6-12(7-5-11)18-13(19)15(10-17-14(18)20)8-2-1-3-9-15/h4-7H,1-3,8-10,16H2,(H,17,20). The molecule has 1 spiro atoms. The number of nitrogens with one attached hydrogen (secondary N) is 1. The predicted octanol–water partition coefficient (Wildman–Crippen LogP) is 2.28. The van der Waals surface area contributed by atoms with Crippen molar-refractivity contribution in [3.63, 3.8) is 0 Å². The maximum atomic E-state index is 12.8. The van der Waals surface area contributed by atoms with E-state index in [2.05, 4.69) is 5.32 Å². The Balaban J connectivity index is 1.93. The molecule has 5 nitrogen and oxygen atoms in total. The van der Waals surface area contributed by atoms with Crippen LogP contribution in [0.1, 0.15) is 32.1 Å². The highest BCUT2D eigenvalue weighted by molar-refractivity contribution is 6.18. The minimum absolute atomic E-state index is 0.0641. The third-order valence-corrected chi connectivity index (χ3v) is 4.40. The fraction of sp³-hybridized carbons (Fsp3) is 0.467. The number of hydrogen-bond donors (Lipinski definition) is 2. The Kier molecular flexibility index (Phi) is 3.12. The SMILES string of the molecule is Nc1ccc(N2C(=O)NCC3(CCCCC3)C2=O)cc1. The van der Waals surface area contributed by atoms with Gasteiger partial charge in [0.05, 0.1) is 11.1 Å². The van der Waals surface area contributed by atoms with Crippen LogP contribution < -0.4 is 16.0 Å². The fourth-order valence-corrected chi connectivity index (χ4v) is 3.21. The molecular formula is C15H19N3O2. The Morgan fingerprint density at radius 2 is 1.70 bits per heavy atom. The van der Waals surface area contributed by atoms with E-state index >= 15 is 0 Å². The van der Waals surface area contributed by atoms with Gasteiger partial charge in [-0.2, -0.15) is 0 Å². The number of benzene rings is 1. The second-order valence-electron chi connectivity index (χ2n) is 5.73. The van der Waals surface area contributed by atoms with Crippen LogP contribution in [-0.4, -0.2) is 18.5 Å². The molecule has 0 unspecified atom stereocenters. The largest absolute Gasteiger partial charge is 0.399 e. The first-order valence-electron chi connectivity index (χ1n) is 7.10. The second kappa shape index (κ2) is 4.81. The Morgan fingerprint density at radius 3 is 2.35 bits per heavy atom. The number of amides is 3. The highest BCUT2D eigenvalue weighted by Gasteiger charge is 2.47. The molecule has 3 N–H and O–H groups in total. The molecule has 20 heavy (non-hydrogen) atoms. The van der Waals surface area contributed by atoms with Gasteiger partial charge in [0.25, 0.3) is 0 Å². The van der Waals surface area contributed by atoms with Crippen molar-refractivity contribution in [1.82, 2.24) is 5.32 Å². The smallest absolute Gasteiger partial charge is 0.328 e. The van der Waals surface area contributed by atoms with Crippen molar-refractivity contribution >= 4 is 23.3 Å². The maximum absolute atomic E-state index is 12.8. The highest BCUT2D eigenvalue weighted by Crippen LogP contribution is 2.40. The minimum Gasteiger partial charge on any atom is -0.399 e. The fourth-order valence-electron chi connectivity index (χ4n) is 3.21. The monoisotopic (exact) mass is 273 g/mol. The van der Waals surface area contributed by atoms with Crippen molar-refractivity contribution in [2.24, 2.45) is 5.41 Å². The van der Waals surface area contributed by atoms with E-state index in [1.165, 1.54) is 11.3 Å². The molecule has 3 amide bonds. The average Bonchev–Trinajstić information content (AvgIpc) is 2.47. The average molecular weight is 273 g/mol. The maximum Gasteiger partial charge on any atom is 0.328 e. The van der Waals surface area contributed by atoms with Crippen molar-refractivity contribution in [1.29, 1.82) is 0 Å². The lowest BCUT2D eigenvalue weighted by Gasteiger charge is -2.43. The topological polar surface area (TPSA) is 75.4 Å². The molecule has 0 atom stereocenters. The molecule has 5 heteroatoms. The summed E-state index contributed by atoms with van der Waals surface area (Å²) < 4.78 is 0. The lowest BCUT2D eigenvalue weighted by molar-refractivity contribution is -0.130. The van der Waals surface area contributed by atoms with E-state index in [1.807, 2.05) is 0 Å². The zero-order valence-electron chi connectivity index (χ0n) is 11.4. The molecule has 2 aliphatic rings. The summed E-state index contributed by atoms with van der Waals surface area (Å²) in [4.78, 5) is 26.2. The molecule has 1 heterocycles. The van der Waals surface area contributed by atoms with Crippen molar-refractivity contribution in [3.05, 3.63) is 24.3 Å². The molecule has 1 saturated carbocycles. The van der Waals surface area contributed by atoms with Crippen molar-refractivity contribution in [2.75, 3.05) is 17.2 Å². The molecule has 1 aliphatic heterocycles. The molecule has 0 aromatic heterocycles. The number of nitrogen functional groups attached to an aromatic ring is 1. The van der Waals surface area contributed by atoms with Gasteiger partial charge in [-0.05, 0) is 37.1 Å². The predicted molar refractivity (Wildman–Crippen MR) is 77.3 cm³/mol. The number of carbonyl (C=O) groups excluding carboxylic acids is 2. The number of urea groups is 1. The molecule has 1 aromatic carbocycles. The third kappa shape index (κ3) is 2.03. The van der Waals surface area contributed by atoms with Crippen LogP contribution in [0.2, 0.25) is 0 Å². The summed E-state index contributed by atoms with van der Waals surface area (Å²) in [6, 6.07) is 6.51. The van der Waals surface area contributed by atoms with Gasteiger partial charge in [-0.15, -0.1) is 0 Å². The van der Waals surface area contributed by atoms with Crippen LogP contribution in [0.3, 0.4) is 0 Å². The van der Waals surface area contributed by atoms with Gasteiger partial charge in [0, 0.05) is 12.2 Å². The number of nitrogens with zero attached hydrogens (tertiary/aromatic N) is 1. The van der Waals surface area contributed by atoms with Crippen LogP contribution in [0.5, 0.6) is 0 Å². The van der Waals surface area contributed by atoms with Gasteiger partial charge >= 0.3 is 6.03 Å². The van der Waals surface area contributed by atoms with Crippen LogP contribution >= 0.6 is 0 Å². The number of imide groups is 1. The minimum atomic E-state index is -0.409. The van der Waals surface area contributed by atoms with Crippen molar-refractivity contribution < 1.29 is 9.59 Å². The number of nitrogens with two attached hydrogens (primary N) is 1. The molecule has 1 aromatic rings. The molecule has 2 fully saturated rings. The van der Waals surface area contributed by atoms with Gasteiger partial charge in [-0.1, -0.05) is 19.3 Å². The summed E-state index contributed by atoms with van der Waals surface area (Å²) in [5, 5.41) is 2.87. The van der Waals surface area contributed by atoms with Gasteiger partial charge in [-0.3, -0.25) is 4.79 Å². The van der Waals surface area contributed by atoms with Gasteiger partial charge < -0.3 is 11.1 Å². The Morgan fingerprint density at radius 1 is 1.05 bits per heavy atom. The summed E-state index contributed by atoms with van der Waals surface area (Å²) >= 11 is 0. The molecule has 106 valence electrons. The Labute approximate surface area is 118 Å². The number of rotatable bonds is 1. The zero-order chi connectivity index (χ0) is 14.2. The highest BCUT2D eigenvalue weighted by atomic mass is 16.2. The lowest BCUT2D eigenvalue weighted by Crippen LogP contribution is -2.61. The zero-order valence-corrected chi connectivity index (χ0v) is 11.4. The van der Waals surface area contributed by atoms with E-state index in [0.717, 1.165) is 25.7 Å². The van der Waals surface area contributed by atoms with Crippen LogP contribution in [0.15, 0.2) is 24.3 Å². The van der Waals surface area contributed by atoms with E-state index in [9.17, 15) is 9.59 Å². The van der Waals surface area contributed by atoms with E-state index in [1.54, 1.807) is 24.3 Å². The molecule has 1 aliphatic carbocycles. The molecule has 0 bridgehead atoms. The van der Waals surface area contributed by atoms with Gasteiger partial charge in [-0.25, -0.2) is 9.69 Å². The molecular weight excluding hydrogens is 254 g/mol. The molecule has 0 radical (unpaired) electrons. The van der Waals surface area contributed by atoms with Crippen molar-refractivity contribution in [2.45, 2.75) is 32.1 Å². The molecule has 1 saturated heterocycles. The number of anilines is 2. The summed E-state index contributed by atoms with van der Waals surface area (Å²) in [5.41, 5.74) is 6.45. The van der Waals surface area contributed by atoms with E-state index in [4.69, 9.17) is 5.73 Å². The van der Waals surface area contributed by atoms with Gasteiger partial charge in [0.1, 0.15) is 0 Å². The summed E-state index contributed by atoms with van der Waals surface area (Å²) in [5.74, 6) is -0.0641. The summed E-state index contributed by atoms with van der Waals surface area (Å²) in [6.07, 6.45) is 4.99. The first-order valence-corrected chi connectivity index (χ1v) is 7.10. The first kappa shape index (κ1) is 13.0.